The van der Waals surface area contributed by atoms with E-state index in [0.717, 1.165) is 11.3 Å². The fraction of sp³-hybridized carbons (Fsp3) is 0.385. The molecule has 0 amide bonds. The van der Waals surface area contributed by atoms with Crippen LogP contribution in [-0.2, 0) is 0 Å². The Bertz CT molecular complexity index is 442. The van der Waals surface area contributed by atoms with E-state index in [-0.39, 0.29) is 11.4 Å². The largest absolute Gasteiger partial charge is 0.508 e. The Balaban J connectivity index is 2.65. The molecule has 1 aromatic rings. The van der Waals surface area contributed by atoms with E-state index in [1.54, 1.807) is 12.1 Å². The van der Waals surface area contributed by atoms with Gasteiger partial charge in [-0.2, -0.15) is 0 Å². The van der Waals surface area contributed by atoms with Gasteiger partial charge in [-0.15, -0.1) is 0 Å². The van der Waals surface area contributed by atoms with E-state index in [2.05, 4.69) is 27.7 Å². The highest BCUT2D eigenvalue weighted by atomic mass is 16.5. The number of hydrogen-bond donors (Lipinski definition) is 1. The van der Waals surface area contributed by atoms with E-state index >= 15 is 0 Å². The molecular weight excluding hydrogens is 188 g/mol. The van der Waals surface area contributed by atoms with Crippen molar-refractivity contribution in [3.8, 4) is 11.5 Å². The normalized spacial score (nSPS) is 18.4. The van der Waals surface area contributed by atoms with Crippen LogP contribution < -0.4 is 4.74 Å². The van der Waals surface area contributed by atoms with Crippen molar-refractivity contribution < 1.29 is 9.84 Å². The summed E-state index contributed by atoms with van der Waals surface area (Å²) in [6.45, 7) is 8.25. The number of allylic oxidation sites excluding steroid dienone is 1. The van der Waals surface area contributed by atoms with Crippen LogP contribution in [0, 0.1) is 0 Å². The van der Waals surface area contributed by atoms with Gasteiger partial charge in [0.1, 0.15) is 17.1 Å². The van der Waals surface area contributed by atoms with E-state index in [9.17, 15) is 5.11 Å². The Kier molecular flexibility index (Phi) is 2.03. The van der Waals surface area contributed by atoms with Gasteiger partial charge in [-0.1, -0.05) is 0 Å². The Labute approximate surface area is 90.2 Å². The lowest BCUT2D eigenvalue weighted by Crippen LogP contribution is -2.33. The lowest BCUT2D eigenvalue weighted by molar-refractivity contribution is 0.144. The van der Waals surface area contributed by atoms with E-state index in [0.29, 0.717) is 0 Å². The number of benzene rings is 1. The van der Waals surface area contributed by atoms with Crippen LogP contribution in [0.15, 0.2) is 23.8 Å². The molecule has 1 aliphatic rings. The second-order valence-corrected chi connectivity index (χ2v) is 4.54. The first-order valence-electron chi connectivity index (χ1n) is 5.12. The van der Waals surface area contributed by atoms with Crippen molar-refractivity contribution in [1.29, 1.82) is 0 Å². The minimum atomic E-state index is -0.256. The SMILES string of the molecule is CC1=C(C)C(C)(C)Oc2ccc(O)cc21. The molecule has 0 bridgehead atoms. The molecule has 0 atom stereocenters. The maximum atomic E-state index is 9.44. The predicted molar refractivity (Wildman–Crippen MR) is 61.1 cm³/mol. The van der Waals surface area contributed by atoms with Crippen LogP contribution in [0.2, 0.25) is 0 Å². The molecule has 1 aliphatic heterocycles. The van der Waals surface area contributed by atoms with Crippen LogP contribution in [-0.4, -0.2) is 10.7 Å². The van der Waals surface area contributed by atoms with E-state index in [1.165, 1.54) is 11.1 Å². The molecule has 0 aromatic heterocycles. The van der Waals surface area contributed by atoms with Crippen molar-refractivity contribution in [2.75, 3.05) is 0 Å². The van der Waals surface area contributed by atoms with Crippen molar-refractivity contribution in [2.24, 2.45) is 0 Å². The third kappa shape index (κ3) is 1.50. The minimum Gasteiger partial charge on any atom is -0.508 e. The Morgan fingerprint density at radius 3 is 2.53 bits per heavy atom. The molecular formula is C13H16O2. The Hall–Kier alpha value is -1.44. The van der Waals surface area contributed by atoms with Crippen LogP contribution in [0.5, 0.6) is 11.5 Å². The summed E-state index contributed by atoms with van der Waals surface area (Å²) in [7, 11) is 0. The Morgan fingerprint density at radius 2 is 1.87 bits per heavy atom. The third-order valence-corrected chi connectivity index (χ3v) is 3.20. The zero-order valence-corrected chi connectivity index (χ0v) is 9.59. The van der Waals surface area contributed by atoms with Gasteiger partial charge in [0.05, 0.1) is 0 Å². The Morgan fingerprint density at radius 1 is 1.20 bits per heavy atom. The molecule has 0 aliphatic carbocycles. The topological polar surface area (TPSA) is 29.5 Å². The number of phenolic OH excluding ortho intramolecular Hbond substituents is 1. The molecule has 0 fully saturated rings. The molecule has 2 heteroatoms. The maximum Gasteiger partial charge on any atom is 0.128 e. The first-order chi connectivity index (χ1) is 6.92. The lowest BCUT2D eigenvalue weighted by Gasteiger charge is -2.34. The standard InChI is InChI=1S/C13H16O2/c1-8-9(2)13(3,4)15-12-6-5-10(14)7-11(8)12/h5-7,14H,1-4H3. The highest BCUT2D eigenvalue weighted by molar-refractivity contribution is 5.75. The van der Waals surface area contributed by atoms with Crippen molar-refractivity contribution in [3.05, 3.63) is 29.3 Å². The van der Waals surface area contributed by atoms with E-state index < -0.39 is 0 Å². The molecule has 15 heavy (non-hydrogen) atoms. The van der Waals surface area contributed by atoms with Crippen LogP contribution in [0.3, 0.4) is 0 Å². The van der Waals surface area contributed by atoms with Gasteiger partial charge in [0, 0.05) is 5.56 Å². The molecule has 0 saturated carbocycles. The summed E-state index contributed by atoms with van der Waals surface area (Å²) >= 11 is 0. The van der Waals surface area contributed by atoms with Crippen molar-refractivity contribution in [1.82, 2.24) is 0 Å². The number of phenols is 1. The fourth-order valence-electron chi connectivity index (χ4n) is 1.91. The van der Waals surface area contributed by atoms with Crippen LogP contribution in [0.1, 0.15) is 33.3 Å². The van der Waals surface area contributed by atoms with Gasteiger partial charge in [-0.05, 0) is 57.0 Å². The van der Waals surface area contributed by atoms with Crippen molar-refractivity contribution >= 4 is 5.57 Å². The second kappa shape index (κ2) is 3.02. The first kappa shape index (κ1) is 10.1. The number of fused-ring (bicyclic) bond motifs is 1. The number of aromatic hydroxyl groups is 1. The molecule has 1 N–H and O–H groups in total. The maximum absolute atomic E-state index is 9.44. The summed E-state index contributed by atoms with van der Waals surface area (Å²) in [6, 6.07) is 5.23. The van der Waals surface area contributed by atoms with Crippen molar-refractivity contribution in [2.45, 2.75) is 33.3 Å². The molecule has 80 valence electrons. The van der Waals surface area contributed by atoms with Crippen LogP contribution in [0.25, 0.3) is 5.57 Å². The minimum absolute atomic E-state index is 0.256. The molecule has 1 aromatic carbocycles. The summed E-state index contributed by atoms with van der Waals surface area (Å²) in [5, 5.41) is 9.44. The third-order valence-electron chi connectivity index (χ3n) is 3.20. The van der Waals surface area contributed by atoms with Gasteiger partial charge in [-0.3, -0.25) is 0 Å². The number of rotatable bonds is 0. The van der Waals surface area contributed by atoms with Gasteiger partial charge in [0.2, 0.25) is 0 Å². The smallest absolute Gasteiger partial charge is 0.128 e. The van der Waals surface area contributed by atoms with Crippen LogP contribution in [0.4, 0.5) is 0 Å². The molecule has 2 rings (SSSR count). The zero-order valence-electron chi connectivity index (χ0n) is 9.59. The number of hydrogen-bond acceptors (Lipinski definition) is 2. The monoisotopic (exact) mass is 204 g/mol. The highest BCUT2D eigenvalue weighted by Crippen LogP contribution is 2.41. The van der Waals surface area contributed by atoms with Gasteiger partial charge in [-0.25, -0.2) is 0 Å². The number of ether oxygens (including phenoxy) is 1. The second-order valence-electron chi connectivity index (χ2n) is 4.54. The molecule has 0 unspecified atom stereocenters. The summed E-state index contributed by atoms with van der Waals surface area (Å²) in [4.78, 5) is 0. The first-order valence-corrected chi connectivity index (χ1v) is 5.12. The summed E-state index contributed by atoms with van der Waals surface area (Å²) in [5.74, 6) is 1.13. The fourth-order valence-corrected chi connectivity index (χ4v) is 1.91. The van der Waals surface area contributed by atoms with Gasteiger partial charge < -0.3 is 9.84 Å². The predicted octanol–water partition coefficient (Wildman–Crippen LogP) is 3.36. The molecule has 0 radical (unpaired) electrons. The lowest BCUT2D eigenvalue weighted by atomic mass is 9.88. The average molecular weight is 204 g/mol. The molecule has 2 nitrogen and oxygen atoms in total. The summed E-state index contributed by atoms with van der Waals surface area (Å²) < 4.78 is 5.89. The molecule has 1 heterocycles. The molecule has 0 saturated heterocycles. The quantitative estimate of drug-likeness (QED) is 0.702. The van der Waals surface area contributed by atoms with Gasteiger partial charge >= 0.3 is 0 Å². The van der Waals surface area contributed by atoms with E-state index in [4.69, 9.17) is 4.74 Å². The van der Waals surface area contributed by atoms with Gasteiger partial charge in [0.25, 0.3) is 0 Å². The van der Waals surface area contributed by atoms with E-state index in [1.807, 2.05) is 6.07 Å². The zero-order chi connectivity index (χ0) is 11.2. The average Bonchev–Trinajstić information content (AvgIpc) is 2.16. The molecule has 0 spiro atoms. The highest BCUT2D eigenvalue weighted by Gasteiger charge is 2.30. The summed E-state index contributed by atoms with van der Waals surface area (Å²) in [5.41, 5.74) is 3.14. The van der Waals surface area contributed by atoms with Crippen molar-refractivity contribution in [3.63, 3.8) is 0 Å². The van der Waals surface area contributed by atoms with Crippen LogP contribution >= 0.6 is 0 Å². The summed E-state index contributed by atoms with van der Waals surface area (Å²) in [6.07, 6.45) is 0. The van der Waals surface area contributed by atoms with Gasteiger partial charge in [0.15, 0.2) is 0 Å².